The average molecular weight is 283 g/mol. The number of rotatable bonds is 6. The minimum atomic E-state index is 0.658. The van der Waals surface area contributed by atoms with Crippen molar-refractivity contribution in [1.29, 1.82) is 0 Å². The minimum absolute atomic E-state index is 0.658. The molecule has 18 heavy (non-hydrogen) atoms. The van der Waals surface area contributed by atoms with Crippen molar-refractivity contribution >= 4 is 34.7 Å². The molecule has 0 aromatic carbocycles. The predicted molar refractivity (Wildman–Crippen MR) is 77.5 cm³/mol. The van der Waals surface area contributed by atoms with Gasteiger partial charge in [-0.2, -0.15) is 4.98 Å². The number of aromatic nitrogens is 2. The Morgan fingerprint density at radius 2 is 2.17 bits per heavy atom. The van der Waals surface area contributed by atoms with Crippen LogP contribution >= 0.6 is 22.9 Å². The molecule has 0 spiro atoms. The summed E-state index contributed by atoms with van der Waals surface area (Å²) in [6, 6.07) is 5.77. The maximum atomic E-state index is 5.88. The largest absolute Gasteiger partial charge is 0.365 e. The number of nitrogens with zero attached hydrogens (tertiary/aromatic N) is 2. The average Bonchev–Trinajstić information content (AvgIpc) is 2.80. The summed E-state index contributed by atoms with van der Waals surface area (Å²) in [6.45, 7) is 3.71. The molecule has 0 unspecified atom stereocenters. The lowest BCUT2D eigenvalue weighted by Gasteiger charge is -2.06. The van der Waals surface area contributed by atoms with Crippen molar-refractivity contribution < 1.29 is 0 Å². The third-order valence-electron chi connectivity index (χ3n) is 2.26. The van der Waals surface area contributed by atoms with Crippen molar-refractivity contribution in [2.24, 2.45) is 0 Å². The van der Waals surface area contributed by atoms with Gasteiger partial charge in [-0.05, 0) is 24.6 Å². The van der Waals surface area contributed by atoms with Crippen LogP contribution in [0.2, 0.25) is 4.34 Å². The summed E-state index contributed by atoms with van der Waals surface area (Å²) in [6.07, 6.45) is 2.80. The molecule has 0 aliphatic carbocycles. The Hall–Kier alpha value is -1.33. The molecule has 2 heterocycles. The zero-order chi connectivity index (χ0) is 12.8. The zero-order valence-electron chi connectivity index (χ0n) is 10.1. The summed E-state index contributed by atoms with van der Waals surface area (Å²) < 4.78 is 0.805. The van der Waals surface area contributed by atoms with Gasteiger partial charge in [-0.3, -0.25) is 0 Å². The molecule has 2 N–H and O–H groups in total. The Kier molecular flexibility index (Phi) is 4.78. The summed E-state index contributed by atoms with van der Waals surface area (Å²) in [5.41, 5.74) is 0. The Balaban J connectivity index is 1.92. The topological polar surface area (TPSA) is 49.8 Å². The number of anilines is 2. The van der Waals surface area contributed by atoms with Crippen LogP contribution in [0.3, 0.4) is 0 Å². The van der Waals surface area contributed by atoms with Gasteiger partial charge in [0.05, 0.1) is 10.9 Å². The Morgan fingerprint density at radius 1 is 1.28 bits per heavy atom. The summed E-state index contributed by atoms with van der Waals surface area (Å²) >= 11 is 7.45. The van der Waals surface area contributed by atoms with E-state index in [2.05, 4.69) is 27.5 Å². The van der Waals surface area contributed by atoms with Gasteiger partial charge in [-0.1, -0.05) is 18.5 Å². The first-order valence-corrected chi connectivity index (χ1v) is 7.02. The molecule has 0 atom stereocenters. The van der Waals surface area contributed by atoms with Crippen LogP contribution in [-0.4, -0.2) is 16.5 Å². The van der Waals surface area contributed by atoms with Crippen LogP contribution in [0.5, 0.6) is 0 Å². The highest BCUT2D eigenvalue weighted by atomic mass is 35.5. The van der Waals surface area contributed by atoms with Gasteiger partial charge in [0, 0.05) is 17.6 Å². The molecule has 0 bridgehead atoms. The fourth-order valence-corrected chi connectivity index (χ4v) is 2.43. The maximum Gasteiger partial charge on any atom is 0.224 e. The Labute approximate surface area is 115 Å². The molecule has 0 saturated heterocycles. The van der Waals surface area contributed by atoms with Crippen LogP contribution in [0.15, 0.2) is 24.4 Å². The van der Waals surface area contributed by atoms with Gasteiger partial charge in [-0.15, -0.1) is 11.3 Å². The molecular weight excluding hydrogens is 268 g/mol. The van der Waals surface area contributed by atoms with Crippen molar-refractivity contribution in [3.05, 3.63) is 33.6 Å². The SMILES string of the molecule is CCCNc1nccc(NCc2ccc(Cl)s2)n1. The van der Waals surface area contributed by atoms with E-state index >= 15 is 0 Å². The van der Waals surface area contributed by atoms with Crippen molar-refractivity contribution in [1.82, 2.24) is 9.97 Å². The summed E-state index contributed by atoms with van der Waals surface area (Å²) in [5.74, 6) is 1.47. The third kappa shape index (κ3) is 3.85. The lowest BCUT2D eigenvalue weighted by molar-refractivity contribution is 0.950. The monoisotopic (exact) mass is 282 g/mol. The molecule has 4 nitrogen and oxygen atoms in total. The molecule has 0 fully saturated rings. The van der Waals surface area contributed by atoms with E-state index in [0.29, 0.717) is 5.95 Å². The summed E-state index contributed by atoms with van der Waals surface area (Å²) in [7, 11) is 0. The van der Waals surface area contributed by atoms with E-state index < -0.39 is 0 Å². The number of nitrogens with one attached hydrogen (secondary N) is 2. The summed E-state index contributed by atoms with van der Waals surface area (Å²) in [5, 5.41) is 6.41. The molecule has 96 valence electrons. The highest BCUT2D eigenvalue weighted by molar-refractivity contribution is 7.16. The summed E-state index contributed by atoms with van der Waals surface area (Å²) in [4.78, 5) is 9.71. The van der Waals surface area contributed by atoms with Gasteiger partial charge in [0.25, 0.3) is 0 Å². The second-order valence-electron chi connectivity index (χ2n) is 3.75. The first-order chi connectivity index (χ1) is 8.78. The predicted octanol–water partition coefficient (Wildman–Crippen LogP) is 3.63. The van der Waals surface area contributed by atoms with Gasteiger partial charge >= 0.3 is 0 Å². The molecule has 2 rings (SSSR count). The molecule has 0 aliphatic rings. The van der Waals surface area contributed by atoms with Gasteiger partial charge in [-0.25, -0.2) is 4.98 Å². The van der Waals surface area contributed by atoms with Crippen molar-refractivity contribution in [3.63, 3.8) is 0 Å². The lowest BCUT2D eigenvalue weighted by Crippen LogP contribution is -2.06. The van der Waals surface area contributed by atoms with Gasteiger partial charge < -0.3 is 10.6 Å². The molecule has 0 saturated carbocycles. The number of hydrogen-bond donors (Lipinski definition) is 2. The lowest BCUT2D eigenvalue weighted by atomic mass is 10.4. The van der Waals surface area contributed by atoms with E-state index in [9.17, 15) is 0 Å². The van der Waals surface area contributed by atoms with Crippen LogP contribution in [-0.2, 0) is 6.54 Å². The standard InChI is InChI=1S/C12H15ClN4S/c1-2-6-14-12-15-7-5-11(17-12)16-8-9-3-4-10(13)18-9/h3-5,7H,2,6,8H2,1H3,(H2,14,15,16,17). The van der Waals surface area contributed by atoms with E-state index in [1.165, 1.54) is 4.88 Å². The van der Waals surface area contributed by atoms with E-state index in [1.807, 2.05) is 18.2 Å². The number of thiophene rings is 1. The van der Waals surface area contributed by atoms with Crippen LogP contribution < -0.4 is 10.6 Å². The highest BCUT2D eigenvalue weighted by Crippen LogP contribution is 2.22. The number of halogens is 1. The zero-order valence-corrected chi connectivity index (χ0v) is 11.7. The highest BCUT2D eigenvalue weighted by Gasteiger charge is 2.00. The normalized spacial score (nSPS) is 10.3. The van der Waals surface area contributed by atoms with Gasteiger partial charge in [0.2, 0.25) is 5.95 Å². The first-order valence-electron chi connectivity index (χ1n) is 5.83. The van der Waals surface area contributed by atoms with Crippen molar-refractivity contribution in [3.8, 4) is 0 Å². The molecule has 6 heteroatoms. The Morgan fingerprint density at radius 3 is 2.89 bits per heavy atom. The minimum Gasteiger partial charge on any atom is -0.365 e. The fourth-order valence-electron chi connectivity index (χ4n) is 1.40. The van der Waals surface area contributed by atoms with Crippen LogP contribution in [0, 0.1) is 0 Å². The van der Waals surface area contributed by atoms with Crippen LogP contribution in [0.4, 0.5) is 11.8 Å². The van der Waals surface area contributed by atoms with Crippen LogP contribution in [0.25, 0.3) is 0 Å². The van der Waals surface area contributed by atoms with Gasteiger partial charge in [0.1, 0.15) is 5.82 Å². The fraction of sp³-hybridized carbons (Fsp3) is 0.333. The van der Waals surface area contributed by atoms with Crippen molar-refractivity contribution in [2.45, 2.75) is 19.9 Å². The maximum absolute atomic E-state index is 5.88. The Bertz CT molecular complexity index is 500. The van der Waals surface area contributed by atoms with Crippen LogP contribution in [0.1, 0.15) is 18.2 Å². The molecule has 2 aromatic rings. The molecule has 0 radical (unpaired) electrons. The van der Waals surface area contributed by atoms with Crippen molar-refractivity contribution in [2.75, 3.05) is 17.2 Å². The molecule has 0 aliphatic heterocycles. The smallest absolute Gasteiger partial charge is 0.224 e. The van der Waals surface area contributed by atoms with Gasteiger partial charge in [0.15, 0.2) is 0 Å². The van der Waals surface area contributed by atoms with E-state index in [-0.39, 0.29) is 0 Å². The first kappa shape index (κ1) is 13.1. The molecule has 2 aromatic heterocycles. The molecular formula is C12H15ClN4S. The van der Waals surface area contributed by atoms with E-state index in [0.717, 1.165) is 29.7 Å². The molecule has 0 amide bonds. The van der Waals surface area contributed by atoms with E-state index in [1.54, 1.807) is 17.5 Å². The quantitative estimate of drug-likeness (QED) is 0.849. The second-order valence-corrected chi connectivity index (χ2v) is 5.55. The number of hydrogen-bond acceptors (Lipinski definition) is 5. The second kappa shape index (κ2) is 6.56. The third-order valence-corrected chi connectivity index (χ3v) is 3.49. The van der Waals surface area contributed by atoms with E-state index in [4.69, 9.17) is 11.6 Å².